The first-order valence-corrected chi connectivity index (χ1v) is 6.15. The van der Waals surface area contributed by atoms with Crippen molar-refractivity contribution in [3.63, 3.8) is 0 Å². The highest BCUT2D eigenvalue weighted by Gasteiger charge is 2.00. The Morgan fingerprint density at radius 2 is 1.60 bits per heavy atom. The van der Waals surface area contributed by atoms with E-state index in [1.807, 2.05) is 36.4 Å². The van der Waals surface area contributed by atoms with E-state index in [9.17, 15) is 0 Å². The molecule has 3 rings (SSSR count). The van der Waals surface area contributed by atoms with Gasteiger partial charge in [-0.05, 0) is 35.0 Å². The SMILES string of the molecule is Nc1ccc(N=Nc2ccc3ccccc3c2)c(N)n1. The molecule has 4 N–H and O–H groups in total. The first-order chi connectivity index (χ1) is 9.72. The van der Waals surface area contributed by atoms with Crippen LogP contribution in [0.5, 0.6) is 0 Å². The van der Waals surface area contributed by atoms with E-state index in [0.29, 0.717) is 11.5 Å². The van der Waals surface area contributed by atoms with Gasteiger partial charge >= 0.3 is 0 Å². The van der Waals surface area contributed by atoms with Crippen LogP contribution >= 0.6 is 0 Å². The van der Waals surface area contributed by atoms with Crippen LogP contribution in [0.1, 0.15) is 0 Å². The molecule has 0 radical (unpaired) electrons. The van der Waals surface area contributed by atoms with Gasteiger partial charge in [-0.2, -0.15) is 5.11 Å². The van der Waals surface area contributed by atoms with E-state index in [1.165, 1.54) is 5.39 Å². The third-order valence-electron chi connectivity index (χ3n) is 2.93. The van der Waals surface area contributed by atoms with Gasteiger partial charge in [-0.15, -0.1) is 5.11 Å². The van der Waals surface area contributed by atoms with E-state index in [4.69, 9.17) is 11.5 Å². The lowest BCUT2D eigenvalue weighted by Crippen LogP contribution is -1.95. The number of hydrogen-bond acceptors (Lipinski definition) is 5. The fourth-order valence-electron chi connectivity index (χ4n) is 1.92. The van der Waals surface area contributed by atoms with Crippen molar-refractivity contribution in [2.75, 3.05) is 11.5 Å². The molecule has 0 aliphatic rings. The first kappa shape index (κ1) is 12.1. The van der Waals surface area contributed by atoms with Gasteiger partial charge < -0.3 is 11.5 Å². The highest BCUT2D eigenvalue weighted by molar-refractivity contribution is 5.85. The van der Waals surface area contributed by atoms with E-state index < -0.39 is 0 Å². The number of rotatable bonds is 2. The fourth-order valence-corrected chi connectivity index (χ4v) is 1.92. The van der Waals surface area contributed by atoms with Crippen molar-refractivity contribution in [1.29, 1.82) is 0 Å². The first-order valence-electron chi connectivity index (χ1n) is 6.15. The number of pyridine rings is 1. The Kier molecular flexibility index (Phi) is 3.01. The van der Waals surface area contributed by atoms with E-state index >= 15 is 0 Å². The summed E-state index contributed by atoms with van der Waals surface area (Å²) in [6.45, 7) is 0. The van der Waals surface area contributed by atoms with Crippen molar-refractivity contribution in [1.82, 2.24) is 4.98 Å². The lowest BCUT2D eigenvalue weighted by Gasteiger charge is -2.00. The Bertz CT molecular complexity index is 795. The van der Waals surface area contributed by atoms with Crippen LogP contribution in [0.4, 0.5) is 23.0 Å². The van der Waals surface area contributed by atoms with Gasteiger partial charge in [-0.1, -0.05) is 30.3 Å². The summed E-state index contributed by atoms with van der Waals surface area (Å²) < 4.78 is 0. The number of anilines is 2. The summed E-state index contributed by atoms with van der Waals surface area (Å²) in [7, 11) is 0. The minimum atomic E-state index is 0.273. The molecular weight excluding hydrogens is 250 g/mol. The maximum absolute atomic E-state index is 5.73. The monoisotopic (exact) mass is 263 g/mol. The number of aromatic nitrogens is 1. The third kappa shape index (κ3) is 2.42. The van der Waals surface area contributed by atoms with Crippen LogP contribution in [0, 0.1) is 0 Å². The minimum Gasteiger partial charge on any atom is -0.384 e. The molecule has 1 heterocycles. The van der Waals surface area contributed by atoms with Gasteiger partial charge in [0.05, 0.1) is 5.69 Å². The van der Waals surface area contributed by atoms with Crippen LogP contribution in [0.15, 0.2) is 64.8 Å². The van der Waals surface area contributed by atoms with Gasteiger partial charge in [0.2, 0.25) is 0 Å². The third-order valence-corrected chi connectivity index (χ3v) is 2.93. The van der Waals surface area contributed by atoms with Crippen LogP contribution < -0.4 is 11.5 Å². The zero-order valence-electron chi connectivity index (χ0n) is 10.7. The molecule has 0 unspecified atom stereocenters. The number of nitrogens with two attached hydrogens (primary N) is 2. The predicted molar refractivity (Wildman–Crippen MR) is 81.2 cm³/mol. The highest BCUT2D eigenvalue weighted by Crippen LogP contribution is 2.25. The zero-order chi connectivity index (χ0) is 13.9. The molecule has 20 heavy (non-hydrogen) atoms. The summed E-state index contributed by atoms with van der Waals surface area (Å²) in [6, 6.07) is 17.3. The molecule has 0 saturated heterocycles. The second-order valence-electron chi connectivity index (χ2n) is 4.37. The molecule has 1 aromatic heterocycles. The fraction of sp³-hybridized carbons (Fsp3) is 0. The quantitative estimate of drug-likeness (QED) is 0.689. The number of azo groups is 1. The molecule has 0 spiro atoms. The molecule has 0 bridgehead atoms. The molecule has 5 nitrogen and oxygen atoms in total. The standard InChI is InChI=1S/C15H13N5/c16-14-8-7-13(15(17)18-14)20-19-12-6-5-10-3-1-2-4-11(10)9-12/h1-9H,(H4,16,17,18). The topological polar surface area (TPSA) is 89.6 Å². The van der Waals surface area contributed by atoms with Crippen LogP contribution in [-0.4, -0.2) is 4.98 Å². The highest BCUT2D eigenvalue weighted by atomic mass is 15.1. The summed E-state index contributed by atoms with van der Waals surface area (Å²) in [6.07, 6.45) is 0. The molecule has 0 fully saturated rings. The number of nitrogens with zero attached hydrogens (tertiary/aromatic N) is 3. The predicted octanol–water partition coefficient (Wildman–Crippen LogP) is 3.81. The van der Waals surface area contributed by atoms with Gasteiger partial charge in [0.25, 0.3) is 0 Å². The van der Waals surface area contributed by atoms with Crippen molar-refractivity contribution in [2.45, 2.75) is 0 Å². The Balaban J connectivity index is 1.93. The van der Waals surface area contributed by atoms with Crippen molar-refractivity contribution < 1.29 is 0 Å². The lowest BCUT2D eigenvalue weighted by atomic mass is 10.1. The lowest BCUT2D eigenvalue weighted by molar-refractivity contribution is 1.21. The Hall–Kier alpha value is -2.95. The van der Waals surface area contributed by atoms with Gasteiger partial charge in [0.15, 0.2) is 5.82 Å². The van der Waals surface area contributed by atoms with Gasteiger partial charge in [-0.3, -0.25) is 0 Å². The van der Waals surface area contributed by atoms with E-state index in [0.717, 1.165) is 11.1 Å². The molecule has 3 aromatic rings. The van der Waals surface area contributed by atoms with Gasteiger partial charge in [0.1, 0.15) is 11.5 Å². The molecule has 5 heteroatoms. The van der Waals surface area contributed by atoms with E-state index in [1.54, 1.807) is 12.1 Å². The largest absolute Gasteiger partial charge is 0.384 e. The van der Waals surface area contributed by atoms with Crippen molar-refractivity contribution in [3.8, 4) is 0 Å². The molecule has 0 aliphatic carbocycles. The maximum atomic E-state index is 5.73. The maximum Gasteiger partial charge on any atom is 0.153 e. The Labute approximate surface area is 116 Å². The van der Waals surface area contributed by atoms with Gasteiger partial charge in [0, 0.05) is 0 Å². The average Bonchev–Trinajstić information content (AvgIpc) is 2.46. The number of fused-ring (bicyclic) bond motifs is 1. The number of nitrogen functional groups attached to an aromatic ring is 2. The summed E-state index contributed by atoms with van der Waals surface area (Å²) >= 11 is 0. The molecular formula is C15H13N5. The molecule has 98 valence electrons. The second kappa shape index (κ2) is 4.97. The molecule has 2 aromatic carbocycles. The minimum absolute atomic E-state index is 0.273. The second-order valence-corrected chi connectivity index (χ2v) is 4.37. The number of hydrogen-bond donors (Lipinski definition) is 2. The van der Waals surface area contributed by atoms with E-state index in [2.05, 4.69) is 21.3 Å². The molecule has 0 aliphatic heterocycles. The Morgan fingerprint density at radius 3 is 2.40 bits per heavy atom. The summed E-state index contributed by atoms with van der Waals surface area (Å²) in [4.78, 5) is 3.94. The van der Waals surface area contributed by atoms with Crippen molar-refractivity contribution in [2.24, 2.45) is 10.2 Å². The Morgan fingerprint density at radius 1 is 0.800 bits per heavy atom. The summed E-state index contributed by atoms with van der Waals surface area (Å²) in [5.74, 6) is 0.640. The van der Waals surface area contributed by atoms with E-state index in [-0.39, 0.29) is 5.82 Å². The smallest absolute Gasteiger partial charge is 0.153 e. The van der Waals surface area contributed by atoms with Crippen LogP contribution in [0.2, 0.25) is 0 Å². The summed E-state index contributed by atoms with van der Waals surface area (Å²) in [5, 5.41) is 10.6. The molecule has 0 amide bonds. The molecule has 0 atom stereocenters. The van der Waals surface area contributed by atoms with Crippen molar-refractivity contribution >= 4 is 33.8 Å². The summed E-state index contributed by atoms with van der Waals surface area (Å²) in [5.41, 5.74) is 12.5. The zero-order valence-corrected chi connectivity index (χ0v) is 10.7. The van der Waals surface area contributed by atoms with Crippen molar-refractivity contribution in [3.05, 3.63) is 54.6 Å². The van der Waals surface area contributed by atoms with Gasteiger partial charge in [-0.25, -0.2) is 4.98 Å². The van der Waals surface area contributed by atoms with Crippen LogP contribution in [-0.2, 0) is 0 Å². The molecule has 0 saturated carbocycles. The normalized spacial score (nSPS) is 11.2. The average molecular weight is 263 g/mol. The van der Waals surface area contributed by atoms with Crippen LogP contribution in [0.3, 0.4) is 0 Å². The van der Waals surface area contributed by atoms with Crippen LogP contribution in [0.25, 0.3) is 10.8 Å². The number of benzene rings is 2.